The third kappa shape index (κ3) is 4.17. The second kappa shape index (κ2) is 8.84. The number of carbonyl (C=O) groups excluding carboxylic acids is 2. The Bertz CT molecular complexity index is 1180. The van der Waals surface area contributed by atoms with Crippen molar-refractivity contribution in [1.82, 2.24) is 30.1 Å². The lowest BCUT2D eigenvalue weighted by Crippen LogP contribution is -2.56. The average molecular weight is 466 g/mol. The first-order chi connectivity index (χ1) is 16.0. The zero-order valence-electron chi connectivity index (χ0n) is 18.1. The quantitative estimate of drug-likeness (QED) is 0.617. The Morgan fingerprint density at radius 2 is 1.85 bits per heavy atom. The number of carbonyl (C=O) groups is 2. The van der Waals surface area contributed by atoms with Gasteiger partial charge in [-0.3, -0.25) is 14.5 Å². The molecule has 1 aromatic heterocycles. The van der Waals surface area contributed by atoms with E-state index in [2.05, 4.69) is 32.7 Å². The molecule has 2 aromatic carbocycles. The first-order valence-electron chi connectivity index (χ1n) is 10.9. The molecule has 2 aliphatic heterocycles. The summed E-state index contributed by atoms with van der Waals surface area (Å²) in [6, 6.07) is 12.6. The van der Waals surface area contributed by atoms with Crippen molar-refractivity contribution >= 4 is 29.1 Å². The van der Waals surface area contributed by atoms with Crippen LogP contribution in [-0.4, -0.2) is 68.6 Å². The molecular weight excluding hydrogens is 442 g/mol. The van der Waals surface area contributed by atoms with Gasteiger partial charge >= 0.3 is 0 Å². The van der Waals surface area contributed by atoms with Crippen LogP contribution in [0.3, 0.4) is 0 Å². The molecule has 0 aliphatic carbocycles. The molecule has 2 aliphatic rings. The van der Waals surface area contributed by atoms with E-state index in [-0.39, 0.29) is 24.1 Å². The molecule has 1 fully saturated rings. The number of aromatic nitrogens is 3. The molecule has 0 saturated carbocycles. The lowest BCUT2D eigenvalue weighted by atomic mass is 10.1. The minimum absolute atomic E-state index is 0.0338. The minimum Gasteiger partial charge on any atom is -0.352 e. The maximum Gasteiger partial charge on any atom is 0.256 e. The highest BCUT2D eigenvalue weighted by Crippen LogP contribution is 2.26. The van der Waals surface area contributed by atoms with Crippen LogP contribution in [0.2, 0.25) is 5.02 Å². The van der Waals surface area contributed by atoms with Gasteiger partial charge in [0.25, 0.3) is 11.8 Å². The van der Waals surface area contributed by atoms with Crippen molar-refractivity contribution in [3.63, 3.8) is 0 Å². The zero-order valence-corrected chi connectivity index (χ0v) is 18.9. The molecule has 0 spiro atoms. The van der Waals surface area contributed by atoms with Gasteiger partial charge in [0, 0.05) is 36.4 Å². The molecule has 5 rings (SSSR count). The third-order valence-corrected chi connectivity index (χ3v) is 6.41. The number of halogens is 1. The lowest BCUT2D eigenvalue weighted by Gasteiger charge is -2.36. The average Bonchev–Trinajstić information content (AvgIpc) is 3.29. The van der Waals surface area contributed by atoms with Gasteiger partial charge in [0.2, 0.25) is 0 Å². The van der Waals surface area contributed by atoms with Crippen LogP contribution in [0.1, 0.15) is 34.1 Å². The molecule has 0 radical (unpaired) electrons. The minimum atomic E-state index is -0.353. The summed E-state index contributed by atoms with van der Waals surface area (Å²) < 4.78 is 0. The van der Waals surface area contributed by atoms with Gasteiger partial charge in [-0.1, -0.05) is 23.7 Å². The van der Waals surface area contributed by atoms with E-state index < -0.39 is 0 Å². The van der Waals surface area contributed by atoms with Crippen LogP contribution in [0.5, 0.6) is 0 Å². The largest absolute Gasteiger partial charge is 0.352 e. The van der Waals surface area contributed by atoms with E-state index in [9.17, 15) is 9.59 Å². The van der Waals surface area contributed by atoms with E-state index >= 15 is 0 Å². The highest BCUT2D eigenvalue weighted by molar-refractivity contribution is 6.31. The highest BCUT2D eigenvalue weighted by Gasteiger charge is 2.33. The van der Waals surface area contributed by atoms with Crippen molar-refractivity contribution in [2.24, 2.45) is 0 Å². The van der Waals surface area contributed by atoms with E-state index in [0.29, 0.717) is 34.9 Å². The molecule has 0 bridgehead atoms. The van der Waals surface area contributed by atoms with Gasteiger partial charge in [0.05, 0.1) is 29.2 Å². The summed E-state index contributed by atoms with van der Waals surface area (Å²) in [5, 5.41) is 15.3. The van der Waals surface area contributed by atoms with Crippen LogP contribution in [0.4, 0.5) is 5.69 Å². The summed E-state index contributed by atoms with van der Waals surface area (Å²) in [6.07, 6.45) is 3.60. The fourth-order valence-corrected chi connectivity index (χ4v) is 4.53. The van der Waals surface area contributed by atoms with E-state index in [1.165, 1.54) is 4.80 Å². The Kier molecular flexibility index (Phi) is 5.74. The van der Waals surface area contributed by atoms with Crippen molar-refractivity contribution in [1.29, 1.82) is 0 Å². The molecule has 33 heavy (non-hydrogen) atoms. The number of nitrogens with one attached hydrogen (secondary N) is 2. The molecule has 10 heteroatoms. The third-order valence-electron chi connectivity index (χ3n) is 6.18. The van der Waals surface area contributed by atoms with Gasteiger partial charge in [-0.2, -0.15) is 15.0 Å². The van der Waals surface area contributed by atoms with Crippen LogP contribution in [0, 0.1) is 0 Å². The van der Waals surface area contributed by atoms with Crippen molar-refractivity contribution in [2.75, 3.05) is 25.0 Å². The summed E-state index contributed by atoms with van der Waals surface area (Å²) in [5.74, 6) is -0.222. The molecule has 2 amide bonds. The predicted octanol–water partition coefficient (Wildman–Crippen LogP) is 2.60. The Morgan fingerprint density at radius 1 is 1.06 bits per heavy atom. The molecule has 2 N–H and O–H groups in total. The second-order valence-corrected chi connectivity index (χ2v) is 8.65. The lowest BCUT2D eigenvalue weighted by molar-refractivity contribution is 0.0693. The monoisotopic (exact) mass is 465 g/mol. The highest BCUT2D eigenvalue weighted by atomic mass is 35.5. The Balaban J connectivity index is 1.33. The fourth-order valence-electron chi connectivity index (χ4n) is 4.36. The zero-order chi connectivity index (χ0) is 22.9. The maximum atomic E-state index is 13.6. The van der Waals surface area contributed by atoms with Crippen molar-refractivity contribution < 1.29 is 9.59 Å². The second-order valence-electron chi connectivity index (χ2n) is 8.22. The topological polar surface area (TPSA) is 95.4 Å². The number of rotatable bonds is 3. The molecule has 2 unspecified atom stereocenters. The molecule has 1 saturated heterocycles. The van der Waals surface area contributed by atoms with Crippen LogP contribution in [0.15, 0.2) is 54.9 Å². The van der Waals surface area contributed by atoms with Crippen molar-refractivity contribution in [3.8, 4) is 5.69 Å². The number of benzene rings is 2. The molecule has 3 aromatic rings. The van der Waals surface area contributed by atoms with E-state index in [1.807, 2.05) is 29.2 Å². The standard InChI is InChI=1S/C23H24ClN7O2/c1-15-8-11-29(23-27-19-7-6-16(24)14-18(19)21(32)28-23)12-13-30(15)22(33)17-4-2-3-5-20(17)31-25-9-10-26-31/h2-7,9-10,14-15,23,27H,8,11-13H2,1H3,(H,28,32). The predicted molar refractivity (Wildman–Crippen MR) is 124 cm³/mol. The Hall–Kier alpha value is -3.43. The smallest absolute Gasteiger partial charge is 0.256 e. The summed E-state index contributed by atoms with van der Waals surface area (Å²) >= 11 is 6.04. The van der Waals surface area contributed by atoms with Gasteiger partial charge < -0.3 is 15.5 Å². The van der Waals surface area contributed by atoms with Crippen LogP contribution in [0.25, 0.3) is 5.69 Å². The van der Waals surface area contributed by atoms with Crippen molar-refractivity contribution in [3.05, 3.63) is 71.0 Å². The summed E-state index contributed by atoms with van der Waals surface area (Å²) in [4.78, 5) is 31.7. The number of hydrogen-bond donors (Lipinski definition) is 2. The van der Waals surface area contributed by atoms with Crippen LogP contribution >= 0.6 is 11.6 Å². The van der Waals surface area contributed by atoms with Crippen molar-refractivity contribution in [2.45, 2.75) is 25.7 Å². The molecule has 170 valence electrons. The Morgan fingerprint density at radius 3 is 2.67 bits per heavy atom. The summed E-state index contributed by atoms with van der Waals surface area (Å²) in [7, 11) is 0. The fraction of sp³-hybridized carbons (Fsp3) is 0.304. The first kappa shape index (κ1) is 21.4. The summed E-state index contributed by atoms with van der Waals surface area (Å²) in [5.41, 5.74) is 2.49. The number of nitrogens with zero attached hydrogens (tertiary/aromatic N) is 5. The van der Waals surface area contributed by atoms with E-state index in [1.54, 1.807) is 30.6 Å². The maximum absolute atomic E-state index is 13.6. The van der Waals surface area contributed by atoms with Crippen LogP contribution < -0.4 is 10.6 Å². The normalized spacial score (nSPS) is 21.0. The van der Waals surface area contributed by atoms with Gasteiger partial charge in [-0.05, 0) is 43.7 Å². The number of hydrogen-bond acceptors (Lipinski definition) is 6. The number of amides is 2. The van der Waals surface area contributed by atoms with Gasteiger partial charge in [-0.15, -0.1) is 0 Å². The summed E-state index contributed by atoms with van der Waals surface area (Å²) in [6.45, 7) is 3.93. The molecule has 9 nitrogen and oxygen atoms in total. The SMILES string of the molecule is CC1CCN(C2NC(=O)c3cc(Cl)ccc3N2)CCN1C(=O)c1ccccc1-n1nccn1. The van der Waals surface area contributed by atoms with Gasteiger partial charge in [0.1, 0.15) is 0 Å². The number of para-hydroxylation sites is 1. The van der Waals surface area contributed by atoms with Crippen LogP contribution in [-0.2, 0) is 0 Å². The molecule has 3 heterocycles. The molecule has 2 atom stereocenters. The van der Waals surface area contributed by atoms with E-state index in [4.69, 9.17) is 11.6 Å². The van der Waals surface area contributed by atoms with Gasteiger partial charge in [0.15, 0.2) is 6.29 Å². The van der Waals surface area contributed by atoms with E-state index in [0.717, 1.165) is 18.7 Å². The first-order valence-corrected chi connectivity index (χ1v) is 11.3. The Labute approximate surface area is 196 Å². The number of anilines is 1. The van der Waals surface area contributed by atoms with Gasteiger partial charge in [-0.25, -0.2) is 0 Å². The number of fused-ring (bicyclic) bond motifs is 1. The molecular formula is C23H24ClN7O2.